The van der Waals surface area contributed by atoms with Gasteiger partial charge in [0.1, 0.15) is 22.6 Å². The first-order valence-electron chi connectivity index (χ1n) is 9.97. The van der Waals surface area contributed by atoms with Gasteiger partial charge in [0, 0.05) is 21.5 Å². The molecule has 0 unspecified atom stereocenters. The summed E-state index contributed by atoms with van der Waals surface area (Å²) >= 11 is 3.45. The van der Waals surface area contributed by atoms with Crippen LogP contribution in [0.4, 0.5) is 0 Å². The molecule has 0 N–H and O–H groups in total. The number of carbonyl (C=O) groups is 2. The highest BCUT2D eigenvalue weighted by Gasteiger charge is 2.20. The van der Waals surface area contributed by atoms with Gasteiger partial charge in [-0.05, 0) is 48.7 Å². The van der Waals surface area contributed by atoms with Crippen molar-refractivity contribution in [3.05, 3.63) is 68.5 Å². The van der Waals surface area contributed by atoms with Crippen molar-refractivity contribution in [3.8, 4) is 11.5 Å². The molecule has 3 rings (SSSR count). The number of rotatable bonds is 6. The Hall–Kier alpha value is -3.13. The highest BCUT2D eigenvalue weighted by molar-refractivity contribution is 9.10. The Morgan fingerprint density at radius 3 is 2.50 bits per heavy atom. The van der Waals surface area contributed by atoms with E-state index in [0.29, 0.717) is 11.1 Å². The van der Waals surface area contributed by atoms with Gasteiger partial charge in [0.2, 0.25) is 0 Å². The molecule has 0 fully saturated rings. The Balaban J connectivity index is 1.73. The van der Waals surface area contributed by atoms with Gasteiger partial charge in [0.15, 0.2) is 6.61 Å². The fourth-order valence-electron chi connectivity index (χ4n) is 3.02. The molecule has 0 aliphatic rings. The summed E-state index contributed by atoms with van der Waals surface area (Å²) in [6, 6.07) is 11.5. The fraction of sp³-hybridized carbons (Fsp3) is 0.292. The van der Waals surface area contributed by atoms with Gasteiger partial charge < -0.3 is 18.6 Å². The lowest BCUT2D eigenvalue weighted by atomic mass is 9.86. The molecule has 0 amide bonds. The van der Waals surface area contributed by atoms with Crippen molar-refractivity contribution in [3.63, 3.8) is 0 Å². The highest BCUT2D eigenvalue weighted by atomic mass is 79.9. The number of hydrogen-bond donors (Lipinski definition) is 0. The van der Waals surface area contributed by atoms with Crippen LogP contribution in [0.5, 0.6) is 11.5 Å². The second kappa shape index (κ2) is 9.56. The van der Waals surface area contributed by atoms with E-state index in [9.17, 15) is 14.4 Å². The SMILES string of the molecule is CCOC(=O)c1cc2ccc(OC(=O)COc3ccc(Br)cc3C(C)(C)C)cc2oc1=O. The Kier molecular flexibility index (Phi) is 7.03. The lowest BCUT2D eigenvalue weighted by Crippen LogP contribution is -2.20. The second-order valence-corrected chi connectivity index (χ2v) is 8.94. The molecule has 1 aromatic heterocycles. The van der Waals surface area contributed by atoms with E-state index in [1.54, 1.807) is 19.1 Å². The summed E-state index contributed by atoms with van der Waals surface area (Å²) in [6.45, 7) is 7.65. The Labute approximate surface area is 193 Å². The van der Waals surface area contributed by atoms with Gasteiger partial charge in [-0.15, -0.1) is 0 Å². The van der Waals surface area contributed by atoms with Crippen LogP contribution in [0.1, 0.15) is 43.6 Å². The first-order chi connectivity index (χ1) is 15.1. The van der Waals surface area contributed by atoms with Gasteiger partial charge in [-0.2, -0.15) is 0 Å². The first kappa shape index (κ1) is 23.5. The smallest absolute Gasteiger partial charge is 0.351 e. The molecule has 3 aromatic rings. The van der Waals surface area contributed by atoms with E-state index >= 15 is 0 Å². The third-order valence-corrected chi connectivity index (χ3v) is 5.02. The maximum atomic E-state index is 12.3. The molecule has 0 atom stereocenters. The van der Waals surface area contributed by atoms with Gasteiger partial charge in [0.25, 0.3) is 0 Å². The highest BCUT2D eigenvalue weighted by Crippen LogP contribution is 2.33. The normalized spacial score (nSPS) is 11.3. The molecule has 0 saturated heterocycles. The summed E-state index contributed by atoms with van der Waals surface area (Å²) < 4.78 is 22.0. The lowest BCUT2D eigenvalue weighted by Gasteiger charge is -2.23. The van der Waals surface area contributed by atoms with Crippen molar-refractivity contribution in [2.45, 2.75) is 33.1 Å². The first-order valence-corrected chi connectivity index (χ1v) is 10.8. The third-order valence-electron chi connectivity index (χ3n) is 4.53. The van der Waals surface area contributed by atoms with Crippen LogP contribution >= 0.6 is 15.9 Å². The number of ether oxygens (including phenoxy) is 3. The molecule has 168 valence electrons. The minimum atomic E-state index is -0.826. The summed E-state index contributed by atoms with van der Waals surface area (Å²) in [4.78, 5) is 36.2. The number of hydrogen-bond acceptors (Lipinski definition) is 7. The lowest BCUT2D eigenvalue weighted by molar-refractivity contribution is -0.136. The van der Waals surface area contributed by atoms with Crippen molar-refractivity contribution < 1.29 is 28.2 Å². The molecule has 1 heterocycles. The van der Waals surface area contributed by atoms with E-state index in [1.807, 2.05) is 12.1 Å². The maximum Gasteiger partial charge on any atom is 0.351 e. The minimum Gasteiger partial charge on any atom is -0.482 e. The average Bonchev–Trinajstić information content (AvgIpc) is 2.71. The minimum absolute atomic E-state index is 0.144. The molecule has 0 aliphatic carbocycles. The summed E-state index contributed by atoms with van der Waals surface area (Å²) in [5.74, 6) is -0.588. The third kappa shape index (κ3) is 5.56. The van der Waals surface area contributed by atoms with E-state index in [2.05, 4.69) is 36.7 Å². The average molecular weight is 503 g/mol. The molecule has 0 radical (unpaired) electrons. The van der Waals surface area contributed by atoms with Crippen LogP contribution in [0.2, 0.25) is 0 Å². The largest absolute Gasteiger partial charge is 0.482 e. The van der Waals surface area contributed by atoms with Crippen LogP contribution in [0.15, 0.2) is 56.1 Å². The number of carbonyl (C=O) groups excluding carboxylic acids is 2. The van der Waals surface area contributed by atoms with Crippen LogP contribution in [-0.2, 0) is 14.9 Å². The Morgan fingerprint density at radius 2 is 1.81 bits per heavy atom. The molecule has 0 saturated carbocycles. The van der Waals surface area contributed by atoms with Crippen molar-refractivity contribution >= 4 is 38.8 Å². The van der Waals surface area contributed by atoms with Crippen LogP contribution in [0.3, 0.4) is 0 Å². The van der Waals surface area contributed by atoms with E-state index in [4.69, 9.17) is 18.6 Å². The monoisotopic (exact) mass is 502 g/mol. The fourth-order valence-corrected chi connectivity index (χ4v) is 3.38. The van der Waals surface area contributed by atoms with Crippen molar-refractivity contribution in [2.24, 2.45) is 0 Å². The number of esters is 2. The van der Waals surface area contributed by atoms with Crippen molar-refractivity contribution in [2.75, 3.05) is 13.2 Å². The molecule has 8 heteroatoms. The molecular formula is C24H23BrO7. The molecule has 0 aliphatic heterocycles. The summed E-state index contributed by atoms with van der Waals surface area (Å²) in [6.07, 6.45) is 0. The summed E-state index contributed by atoms with van der Waals surface area (Å²) in [7, 11) is 0. The molecule has 0 bridgehead atoms. The zero-order valence-electron chi connectivity index (χ0n) is 18.2. The standard InChI is InChI=1S/C24H23BrO7/c1-5-29-22(27)17-10-14-6-8-16(12-20(14)32-23(17)28)31-21(26)13-30-19-9-7-15(25)11-18(19)24(2,3)4/h6-12H,5,13H2,1-4H3. The molecule has 0 spiro atoms. The zero-order valence-corrected chi connectivity index (χ0v) is 19.8. The van der Waals surface area contributed by atoms with Crippen molar-refractivity contribution in [1.82, 2.24) is 0 Å². The van der Waals surface area contributed by atoms with Crippen LogP contribution in [0.25, 0.3) is 11.0 Å². The molecule has 32 heavy (non-hydrogen) atoms. The van der Waals surface area contributed by atoms with Gasteiger partial charge in [0.05, 0.1) is 6.61 Å². The van der Waals surface area contributed by atoms with E-state index in [-0.39, 0.29) is 35.5 Å². The van der Waals surface area contributed by atoms with Gasteiger partial charge >= 0.3 is 17.6 Å². The molecular weight excluding hydrogens is 480 g/mol. The summed E-state index contributed by atoms with van der Waals surface area (Å²) in [5, 5.41) is 0.494. The predicted molar refractivity (Wildman–Crippen MR) is 122 cm³/mol. The molecule has 2 aromatic carbocycles. The Bertz CT molecular complexity index is 1220. The van der Waals surface area contributed by atoms with Crippen LogP contribution in [-0.4, -0.2) is 25.2 Å². The van der Waals surface area contributed by atoms with E-state index < -0.39 is 17.6 Å². The second-order valence-electron chi connectivity index (χ2n) is 8.02. The van der Waals surface area contributed by atoms with E-state index in [1.165, 1.54) is 18.2 Å². The summed E-state index contributed by atoms with van der Waals surface area (Å²) in [5.41, 5.74) is -0.0717. The van der Waals surface area contributed by atoms with Gasteiger partial charge in [-0.3, -0.25) is 0 Å². The van der Waals surface area contributed by atoms with Crippen LogP contribution in [0, 0.1) is 0 Å². The maximum absolute atomic E-state index is 12.3. The van der Waals surface area contributed by atoms with Gasteiger partial charge in [-0.1, -0.05) is 36.7 Å². The zero-order chi connectivity index (χ0) is 23.5. The number of halogens is 1. The topological polar surface area (TPSA) is 92.0 Å². The Morgan fingerprint density at radius 1 is 1.06 bits per heavy atom. The van der Waals surface area contributed by atoms with Crippen LogP contribution < -0.4 is 15.1 Å². The van der Waals surface area contributed by atoms with E-state index in [0.717, 1.165) is 10.0 Å². The predicted octanol–water partition coefficient (Wildman–Crippen LogP) is 5.01. The number of fused-ring (bicyclic) bond motifs is 1. The quantitative estimate of drug-likeness (QED) is 0.265. The van der Waals surface area contributed by atoms with Gasteiger partial charge in [-0.25, -0.2) is 14.4 Å². The number of benzene rings is 2. The van der Waals surface area contributed by atoms with Crippen molar-refractivity contribution in [1.29, 1.82) is 0 Å². The molecule has 7 nitrogen and oxygen atoms in total.